The lowest BCUT2D eigenvalue weighted by Gasteiger charge is -1.99. The lowest BCUT2D eigenvalue weighted by molar-refractivity contribution is 0.0994. The number of hydrogen-bond acceptors (Lipinski definition) is 5. The molecule has 0 unspecified atom stereocenters. The van der Waals surface area contributed by atoms with E-state index < -0.39 is 0 Å². The highest BCUT2D eigenvalue weighted by molar-refractivity contribution is 7.19. The Morgan fingerprint density at radius 3 is 2.82 bits per heavy atom. The minimum atomic E-state index is -0.291. The number of aryl methyl sites for hydroxylation is 1. The number of amides is 1. The summed E-state index contributed by atoms with van der Waals surface area (Å²) < 4.78 is 5.44. The summed E-state index contributed by atoms with van der Waals surface area (Å²) in [5, 5.41) is 4.34. The molecular weight excluding hydrogens is 298 g/mol. The topological polar surface area (TPSA) is 81.1 Å². The predicted molar refractivity (Wildman–Crippen MR) is 86.8 cm³/mol. The van der Waals surface area contributed by atoms with Crippen molar-refractivity contribution in [1.29, 1.82) is 0 Å². The van der Waals surface area contributed by atoms with E-state index in [1.54, 1.807) is 12.3 Å². The number of nitrogens with one attached hydrogen (secondary N) is 1. The van der Waals surface area contributed by atoms with Crippen LogP contribution < -0.4 is 11.1 Å². The van der Waals surface area contributed by atoms with Crippen LogP contribution in [0.4, 0.5) is 5.00 Å². The number of nitrogens with zero attached hydrogens (tertiary/aromatic N) is 1. The van der Waals surface area contributed by atoms with Gasteiger partial charge in [-0.2, -0.15) is 0 Å². The molecule has 3 N–H and O–H groups in total. The summed E-state index contributed by atoms with van der Waals surface area (Å²) in [5.74, 6) is 0.590. The van der Waals surface area contributed by atoms with Gasteiger partial charge in [0, 0.05) is 11.1 Å². The summed E-state index contributed by atoms with van der Waals surface area (Å²) in [4.78, 5) is 16.6. The first-order valence-corrected chi connectivity index (χ1v) is 7.61. The Bertz CT molecular complexity index is 793. The highest BCUT2D eigenvalue weighted by Gasteiger charge is 2.16. The van der Waals surface area contributed by atoms with Gasteiger partial charge >= 0.3 is 0 Å². The van der Waals surface area contributed by atoms with Gasteiger partial charge in [-0.15, -0.1) is 0 Å². The Hall–Kier alpha value is -2.44. The third-order valence-electron chi connectivity index (χ3n) is 3.14. The van der Waals surface area contributed by atoms with E-state index in [0.717, 1.165) is 16.1 Å². The Morgan fingerprint density at radius 1 is 1.36 bits per heavy atom. The molecule has 6 heteroatoms. The van der Waals surface area contributed by atoms with E-state index in [1.807, 2.05) is 37.3 Å². The van der Waals surface area contributed by atoms with Crippen molar-refractivity contribution in [2.24, 2.45) is 5.73 Å². The number of rotatable bonds is 4. The van der Waals surface area contributed by atoms with Gasteiger partial charge < -0.3 is 15.5 Å². The van der Waals surface area contributed by atoms with Gasteiger partial charge in [-0.1, -0.05) is 41.7 Å². The van der Waals surface area contributed by atoms with Crippen molar-refractivity contribution in [3.05, 3.63) is 59.7 Å². The van der Waals surface area contributed by atoms with E-state index in [1.165, 1.54) is 11.3 Å². The quantitative estimate of drug-likeness (QED) is 0.773. The Labute approximate surface area is 131 Å². The molecule has 0 aliphatic carbocycles. The van der Waals surface area contributed by atoms with Gasteiger partial charge in [0.15, 0.2) is 5.76 Å². The van der Waals surface area contributed by atoms with Gasteiger partial charge in [-0.25, -0.2) is 4.98 Å². The fraction of sp³-hybridized carbons (Fsp3) is 0.125. The van der Waals surface area contributed by atoms with Crippen LogP contribution in [0.5, 0.6) is 0 Å². The van der Waals surface area contributed by atoms with Crippen molar-refractivity contribution in [2.45, 2.75) is 13.5 Å². The summed E-state index contributed by atoms with van der Waals surface area (Å²) in [5.41, 5.74) is 7.31. The molecule has 3 aromatic rings. The fourth-order valence-electron chi connectivity index (χ4n) is 2.09. The first-order chi connectivity index (χ1) is 10.7. The van der Waals surface area contributed by atoms with Crippen LogP contribution in [0.15, 0.2) is 47.0 Å². The molecule has 112 valence electrons. The number of benzene rings is 1. The number of carbonyl (C=O) groups is 1. The number of nitrogens with two attached hydrogens (primary N) is 1. The molecule has 0 saturated carbocycles. The first-order valence-electron chi connectivity index (χ1n) is 6.79. The van der Waals surface area contributed by atoms with Crippen LogP contribution in [0.1, 0.15) is 21.9 Å². The zero-order chi connectivity index (χ0) is 15.5. The number of carbonyl (C=O) groups excluding carboxylic acids is 1. The number of thiazole rings is 1. The second-order valence-electron chi connectivity index (χ2n) is 4.78. The zero-order valence-electron chi connectivity index (χ0n) is 12.0. The van der Waals surface area contributed by atoms with Crippen molar-refractivity contribution in [3.63, 3.8) is 0 Å². The molecule has 0 aliphatic rings. The molecule has 0 saturated heterocycles. The number of aromatic nitrogens is 1. The summed E-state index contributed by atoms with van der Waals surface area (Å²) in [6.07, 6.45) is 1.65. The van der Waals surface area contributed by atoms with Crippen molar-refractivity contribution in [3.8, 4) is 10.6 Å². The van der Waals surface area contributed by atoms with Crippen LogP contribution in [0.2, 0.25) is 0 Å². The van der Waals surface area contributed by atoms with Crippen molar-refractivity contribution < 1.29 is 9.21 Å². The van der Waals surface area contributed by atoms with Gasteiger partial charge in [0.05, 0.1) is 12.7 Å². The Morgan fingerprint density at radius 2 is 2.14 bits per heavy atom. The van der Waals surface area contributed by atoms with Crippen molar-refractivity contribution in [2.75, 3.05) is 5.32 Å². The van der Waals surface area contributed by atoms with Gasteiger partial charge in [-0.05, 0) is 13.0 Å². The van der Waals surface area contributed by atoms with Gasteiger partial charge in [0.1, 0.15) is 15.8 Å². The fourth-order valence-corrected chi connectivity index (χ4v) is 2.91. The molecular formula is C16H15N3O2S. The molecule has 3 rings (SSSR count). The lowest BCUT2D eigenvalue weighted by atomic mass is 10.2. The molecule has 1 aromatic carbocycles. The highest BCUT2D eigenvalue weighted by atomic mass is 32.1. The largest absolute Gasteiger partial charge is 0.454 e. The number of furan rings is 1. The van der Waals surface area contributed by atoms with E-state index in [-0.39, 0.29) is 18.2 Å². The van der Waals surface area contributed by atoms with Gasteiger partial charge in [0.2, 0.25) is 0 Å². The Balaban J connectivity index is 1.77. The molecule has 0 bridgehead atoms. The second kappa shape index (κ2) is 6.13. The van der Waals surface area contributed by atoms with Crippen molar-refractivity contribution in [1.82, 2.24) is 4.98 Å². The lowest BCUT2D eigenvalue weighted by Crippen LogP contribution is -2.11. The van der Waals surface area contributed by atoms with Gasteiger partial charge in [0.25, 0.3) is 5.91 Å². The molecule has 5 nitrogen and oxygen atoms in total. The molecule has 0 spiro atoms. The average molecular weight is 313 g/mol. The second-order valence-corrected chi connectivity index (χ2v) is 5.81. The van der Waals surface area contributed by atoms with Gasteiger partial charge in [-0.3, -0.25) is 4.79 Å². The van der Waals surface area contributed by atoms with Crippen LogP contribution in [0.3, 0.4) is 0 Å². The van der Waals surface area contributed by atoms with E-state index >= 15 is 0 Å². The standard InChI is InChI=1S/C16H15N3O2S/c1-10-7-12(8-17)21-14(10)15(20)19-13-9-18-16(22-13)11-5-3-2-4-6-11/h2-7,9H,8,17H2,1H3,(H,19,20). The molecule has 2 heterocycles. The van der Waals surface area contributed by atoms with E-state index in [9.17, 15) is 4.79 Å². The van der Waals surface area contributed by atoms with E-state index in [0.29, 0.717) is 10.8 Å². The van der Waals surface area contributed by atoms with Crippen LogP contribution >= 0.6 is 11.3 Å². The smallest absolute Gasteiger partial charge is 0.292 e. The van der Waals surface area contributed by atoms with Crippen LogP contribution in [-0.4, -0.2) is 10.9 Å². The van der Waals surface area contributed by atoms with Crippen LogP contribution in [-0.2, 0) is 6.54 Å². The first kappa shape index (κ1) is 14.5. The molecule has 0 aliphatic heterocycles. The highest BCUT2D eigenvalue weighted by Crippen LogP contribution is 2.28. The SMILES string of the molecule is Cc1cc(CN)oc1C(=O)Nc1cnc(-c2ccccc2)s1. The van der Waals surface area contributed by atoms with Crippen LogP contribution in [0, 0.1) is 6.92 Å². The molecule has 1 amide bonds. The number of anilines is 1. The molecule has 22 heavy (non-hydrogen) atoms. The third-order valence-corrected chi connectivity index (χ3v) is 4.10. The maximum atomic E-state index is 12.2. The molecule has 0 fully saturated rings. The maximum absolute atomic E-state index is 12.2. The minimum absolute atomic E-state index is 0.271. The molecule has 2 aromatic heterocycles. The third kappa shape index (κ3) is 2.93. The van der Waals surface area contributed by atoms with E-state index in [2.05, 4.69) is 10.3 Å². The number of hydrogen-bond donors (Lipinski definition) is 2. The zero-order valence-corrected chi connectivity index (χ0v) is 12.8. The molecule has 0 atom stereocenters. The molecule has 0 radical (unpaired) electrons. The summed E-state index contributed by atoms with van der Waals surface area (Å²) in [6.45, 7) is 2.09. The van der Waals surface area contributed by atoms with Crippen LogP contribution in [0.25, 0.3) is 10.6 Å². The summed E-state index contributed by atoms with van der Waals surface area (Å²) in [7, 11) is 0. The van der Waals surface area contributed by atoms with Crippen molar-refractivity contribution >= 4 is 22.2 Å². The van der Waals surface area contributed by atoms with E-state index in [4.69, 9.17) is 10.2 Å². The minimum Gasteiger partial charge on any atom is -0.454 e. The Kier molecular flexibility index (Phi) is 4.04. The summed E-state index contributed by atoms with van der Waals surface area (Å²) in [6, 6.07) is 11.6. The average Bonchev–Trinajstić information content (AvgIpc) is 3.14. The normalized spacial score (nSPS) is 10.6. The maximum Gasteiger partial charge on any atom is 0.292 e. The predicted octanol–water partition coefficient (Wildman–Crippen LogP) is 3.42. The monoisotopic (exact) mass is 313 g/mol. The summed E-state index contributed by atoms with van der Waals surface area (Å²) >= 11 is 1.42.